The molecule has 0 radical (unpaired) electrons. The summed E-state index contributed by atoms with van der Waals surface area (Å²) >= 11 is 1.64. The van der Waals surface area contributed by atoms with Crippen LogP contribution in [0.2, 0.25) is 0 Å². The van der Waals surface area contributed by atoms with Gasteiger partial charge in [0, 0.05) is 11.3 Å². The van der Waals surface area contributed by atoms with E-state index in [1.807, 2.05) is 0 Å². The zero-order valence-electron chi connectivity index (χ0n) is 10.4. The Kier molecular flexibility index (Phi) is 4.18. The van der Waals surface area contributed by atoms with E-state index in [0.29, 0.717) is 18.9 Å². The van der Waals surface area contributed by atoms with Crippen molar-refractivity contribution in [1.82, 2.24) is 0 Å². The molecule has 94 valence electrons. The maximum atomic E-state index is 11.8. The Morgan fingerprint density at radius 2 is 2.47 bits per heavy atom. The third-order valence-electron chi connectivity index (χ3n) is 3.14. The van der Waals surface area contributed by atoms with Crippen LogP contribution in [0.5, 0.6) is 0 Å². The summed E-state index contributed by atoms with van der Waals surface area (Å²) in [5, 5.41) is 3.95. The first-order valence-electron chi connectivity index (χ1n) is 6.18. The molecule has 0 aliphatic carbocycles. The summed E-state index contributed by atoms with van der Waals surface area (Å²) in [5.74, 6) is 0.576. The van der Waals surface area contributed by atoms with E-state index >= 15 is 0 Å². The zero-order chi connectivity index (χ0) is 12.3. The molecule has 1 unspecified atom stereocenters. The molecule has 1 aliphatic rings. The number of ether oxygens (including phenoxy) is 1. The molecule has 1 aromatic heterocycles. The molecule has 2 rings (SSSR count). The molecule has 0 saturated heterocycles. The average molecular weight is 253 g/mol. The van der Waals surface area contributed by atoms with E-state index in [-0.39, 0.29) is 5.91 Å². The molecule has 1 N–H and O–H groups in total. The van der Waals surface area contributed by atoms with Gasteiger partial charge in [-0.1, -0.05) is 20.3 Å². The van der Waals surface area contributed by atoms with Gasteiger partial charge in [-0.2, -0.15) is 0 Å². The summed E-state index contributed by atoms with van der Waals surface area (Å²) < 4.78 is 5.39. The van der Waals surface area contributed by atoms with Crippen LogP contribution in [0.25, 0.3) is 0 Å². The number of fused-ring (bicyclic) bond motifs is 1. The lowest BCUT2D eigenvalue weighted by molar-refractivity contribution is -0.116. The summed E-state index contributed by atoms with van der Waals surface area (Å²) in [6.07, 6.45) is 2.62. The molecular formula is C13H19NO2S. The predicted molar refractivity (Wildman–Crippen MR) is 70.4 cm³/mol. The molecule has 1 atom stereocenters. The van der Waals surface area contributed by atoms with Gasteiger partial charge >= 0.3 is 0 Å². The van der Waals surface area contributed by atoms with Crippen LogP contribution in [-0.2, 0) is 22.6 Å². The van der Waals surface area contributed by atoms with Gasteiger partial charge in [0.15, 0.2) is 0 Å². The lowest BCUT2D eigenvalue weighted by atomic mass is 10.1. The highest BCUT2D eigenvalue weighted by atomic mass is 32.1. The molecule has 2 heterocycles. The molecule has 17 heavy (non-hydrogen) atoms. The highest BCUT2D eigenvalue weighted by Crippen LogP contribution is 2.30. The van der Waals surface area contributed by atoms with Gasteiger partial charge in [-0.3, -0.25) is 4.79 Å². The lowest BCUT2D eigenvalue weighted by Crippen LogP contribution is -2.13. The van der Waals surface area contributed by atoms with Gasteiger partial charge < -0.3 is 10.1 Å². The van der Waals surface area contributed by atoms with Crippen molar-refractivity contribution in [1.29, 1.82) is 0 Å². The van der Waals surface area contributed by atoms with Crippen LogP contribution in [0.3, 0.4) is 0 Å². The molecule has 1 amide bonds. The number of carbonyl (C=O) groups is 1. The first-order chi connectivity index (χ1) is 8.19. The fourth-order valence-electron chi connectivity index (χ4n) is 1.86. The summed E-state index contributed by atoms with van der Waals surface area (Å²) in [4.78, 5) is 13.0. The predicted octanol–water partition coefficient (Wildman–Crippen LogP) is 3.20. The smallest absolute Gasteiger partial charge is 0.225 e. The minimum absolute atomic E-state index is 0.124. The second-order valence-electron chi connectivity index (χ2n) is 4.63. The van der Waals surface area contributed by atoms with Crippen molar-refractivity contribution < 1.29 is 9.53 Å². The van der Waals surface area contributed by atoms with E-state index in [0.717, 1.165) is 24.4 Å². The second kappa shape index (κ2) is 5.65. The van der Waals surface area contributed by atoms with Gasteiger partial charge in [0.1, 0.15) is 0 Å². The SMILES string of the molecule is CCC(C)CC(=O)Nc1cc2c(s1)COCC2. The highest BCUT2D eigenvalue weighted by molar-refractivity contribution is 7.16. The molecule has 0 saturated carbocycles. The number of hydrogen-bond acceptors (Lipinski definition) is 3. The normalized spacial score (nSPS) is 16.4. The number of anilines is 1. The maximum absolute atomic E-state index is 11.8. The van der Waals surface area contributed by atoms with Crippen molar-refractivity contribution in [3.05, 3.63) is 16.5 Å². The summed E-state index contributed by atoms with van der Waals surface area (Å²) in [5.41, 5.74) is 1.33. The van der Waals surface area contributed by atoms with Crippen LogP contribution in [0, 0.1) is 5.92 Å². The maximum Gasteiger partial charge on any atom is 0.225 e. The topological polar surface area (TPSA) is 38.3 Å². The Hall–Kier alpha value is -0.870. The van der Waals surface area contributed by atoms with Gasteiger partial charge in [0.05, 0.1) is 18.2 Å². The third kappa shape index (κ3) is 3.30. The van der Waals surface area contributed by atoms with Gasteiger partial charge in [0.2, 0.25) is 5.91 Å². The number of rotatable bonds is 4. The zero-order valence-corrected chi connectivity index (χ0v) is 11.2. The van der Waals surface area contributed by atoms with Gasteiger partial charge in [0.25, 0.3) is 0 Å². The molecule has 0 fully saturated rings. The molecule has 1 aliphatic heterocycles. The van der Waals surface area contributed by atoms with Crippen LogP contribution in [0.1, 0.15) is 37.1 Å². The molecule has 0 bridgehead atoms. The van der Waals surface area contributed by atoms with Crippen LogP contribution in [-0.4, -0.2) is 12.5 Å². The largest absolute Gasteiger partial charge is 0.376 e. The van der Waals surface area contributed by atoms with Crippen LogP contribution >= 0.6 is 11.3 Å². The Morgan fingerprint density at radius 3 is 3.18 bits per heavy atom. The molecule has 0 spiro atoms. The Bertz CT molecular complexity index is 377. The number of nitrogens with one attached hydrogen (secondary N) is 1. The summed E-state index contributed by atoms with van der Waals surface area (Å²) in [6.45, 7) is 5.71. The van der Waals surface area contributed by atoms with E-state index in [1.165, 1.54) is 10.4 Å². The minimum Gasteiger partial charge on any atom is -0.376 e. The number of amides is 1. The standard InChI is InChI=1S/C13H19NO2S/c1-3-9(2)6-12(15)14-13-7-10-4-5-16-8-11(10)17-13/h7,9H,3-6,8H2,1-2H3,(H,14,15). The van der Waals surface area contributed by atoms with E-state index < -0.39 is 0 Å². The van der Waals surface area contributed by atoms with E-state index in [4.69, 9.17) is 4.74 Å². The lowest BCUT2D eigenvalue weighted by Gasteiger charge is -2.10. The number of hydrogen-bond donors (Lipinski definition) is 1. The Morgan fingerprint density at radius 1 is 1.65 bits per heavy atom. The monoisotopic (exact) mass is 253 g/mol. The van der Waals surface area contributed by atoms with Gasteiger partial charge in [-0.25, -0.2) is 0 Å². The number of thiophene rings is 1. The fraction of sp³-hybridized carbons (Fsp3) is 0.615. The molecule has 0 aromatic carbocycles. The van der Waals surface area contributed by atoms with Crippen molar-refractivity contribution in [2.45, 2.75) is 39.7 Å². The molecule has 1 aromatic rings. The Balaban J connectivity index is 1.94. The van der Waals surface area contributed by atoms with Gasteiger partial charge in [-0.05, 0) is 24.0 Å². The van der Waals surface area contributed by atoms with Crippen molar-refractivity contribution in [3.63, 3.8) is 0 Å². The first kappa shape index (κ1) is 12.6. The molecule has 4 heteroatoms. The fourth-order valence-corrected chi connectivity index (χ4v) is 2.92. The van der Waals surface area contributed by atoms with E-state index in [9.17, 15) is 4.79 Å². The quantitative estimate of drug-likeness (QED) is 0.895. The minimum atomic E-state index is 0.124. The number of carbonyl (C=O) groups excluding carboxylic acids is 1. The third-order valence-corrected chi connectivity index (χ3v) is 4.21. The molecular weight excluding hydrogens is 234 g/mol. The van der Waals surface area contributed by atoms with Crippen LogP contribution < -0.4 is 5.32 Å². The van der Waals surface area contributed by atoms with Crippen molar-refractivity contribution >= 4 is 22.2 Å². The summed E-state index contributed by atoms with van der Waals surface area (Å²) in [6, 6.07) is 2.09. The van der Waals surface area contributed by atoms with Crippen molar-refractivity contribution in [2.75, 3.05) is 11.9 Å². The Labute approximate surface area is 106 Å². The van der Waals surface area contributed by atoms with Gasteiger partial charge in [-0.15, -0.1) is 11.3 Å². The summed E-state index contributed by atoms with van der Waals surface area (Å²) in [7, 11) is 0. The van der Waals surface area contributed by atoms with Crippen molar-refractivity contribution in [3.8, 4) is 0 Å². The molecule has 3 nitrogen and oxygen atoms in total. The second-order valence-corrected chi connectivity index (χ2v) is 5.76. The van der Waals surface area contributed by atoms with Crippen LogP contribution in [0.4, 0.5) is 5.00 Å². The van der Waals surface area contributed by atoms with E-state index in [2.05, 4.69) is 25.2 Å². The highest BCUT2D eigenvalue weighted by Gasteiger charge is 2.15. The van der Waals surface area contributed by atoms with Crippen molar-refractivity contribution in [2.24, 2.45) is 5.92 Å². The first-order valence-corrected chi connectivity index (χ1v) is 7.00. The van der Waals surface area contributed by atoms with E-state index in [1.54, 1.807) is 11.3 Å². The average Bonchev–Trinajstić information content (AvgIpc) is 2.70. The van der Waals surface area contributed by atoms with Crippen LogP contribution in [0.15, 0.2) is 6.07 Å².